The van der Waals surface area contributed by atoms with Crippen molar-refractivity contribution in [3.05, 3.63) is 64.7 Å². The number of fused-ring (bicyclic) bond motifs is 1. The number of aryl methyl sites for hydroxylation is 1. The molecule has 1 fully saturated rings. The molecule has 2 heterocycles. The van der Waals surface area contributed by atoms with E-state index in [4.69, 9.17) is 4.98 Å². The largest absolute Gasteiger partial charge is 0.348 e. The molecule has 1 N–H and O–H groups in total. The van der Waals surface area contributed by atoms with Crippen LogP contribution in [0.2, 0.25) is 0 Å². The van der Waals surface area contributed by atoms with Gasteiger partial charge < -0.3 is 5.32 Å². The number of nitrogens with one attached hydrogen (secondary N) is 1. The molecule has 0 spiro atoms. The van der Waals surface area contributed by atoms with Gasteiger partial charge in [-0.2, -0.15) is 0 Å². The first-order valence-electron chi connectivity index (χ1n) is 10.0. The number of rotatable bonds is 5. The minimum Gasteiger partial charge on any atom is -0.348 e. The van der Waals surface area contributed by atoms with Crippen LogP contribution in [0.1, 0.15) is 47.9 Å². The van der Waals surface area contributed by atoms with E-state index in [1.54, 1.807) is 0 Å². The average molecular weight is 394 g/mol. The van der Waals surface area contributed by atoms with E-state index in [9.17, 15) is 4.79 Å². The second-order valence-electron chi connectivity index (χ2n) is 7.72. The van der Waals surface area contributed by atoms with Gasteiger partial charge in [0.2, 0.25) is 5.91 Å². The Morgan fingerprint density at radius 3 is 2.64 bits per heavy atom. The van der Waals surface area contributed by atoms with Gasteiger partial charge >= 0.3 is 0 Å². The normalized spacial score (nSPS) is 16.9. The first-order chi connectivity index (χ1) is 13.6. The summed E-state index contributed by atoms with van der Waals surface area (Å²) in [5.41, 5.74) is 3.51. The predicted octanol–water partition coefficient (Wildman–Crippen LogP) is 4.66. The van der Waals surface area contributed by atoms with E-state index in [1.165, 1.54) is 20.8 Å². The molecule has 1 aromatic heterocycles. The van der Waals surface area contributed by atoms with Crippen molar-refractivity contribution in [3.63, 3.8) is 0 Å². The lowest BCUT2D eigenvalue weighted by Gasteiger charge is -2.30. The standard InChI is InChI=1S/C23H27N3OS/c1-16-7-3-4-8-19(16)17(2)24-22(27)15-26-13-11-18(12-14-26)23-25-20-9-5-6-10-21(20)28-23/h3-10,17-18H,11-15H2,1-2H3,(H,24,27)/t17-/m0/s1. The van der Waals surface area contributed by atoms with Crippen LogP contribution in [-0.4, -0.2) is 35.4 Å². The van der Waals surface area contributed by atoms with Crippen LogP contribution in [0, 0.1) is 6.92 Å². The third-order valence-electron chi connectivity index (χ3n) is 5.65. The van der Waals surface area contributed by atoms with Crippen molar-refractivity contribution >= 4 is 27.5 Å². The number of aromatic nitrogens is 1. The van der Waals surface area contributed by atoms with Gasteiger partial charge in [0.15, 0.2) is 0 Å². The molecule has 0 radical (unpaired) electrons. The number of para-hydroxylation sites is 1. The van der Waals surface area contributed by atoms with E-state index in [0.29, 0.717) is 12.5 Å². The molecule has 2 aromatic carbocycles. The highest BCUT2D eigenvalue weighted by atomic mass is 32.1. The molecule has 0 unspecified atom stereocenters. The zero-order valence-electron chi connectivity index (χ0n) is 16.5. The molecule has 4 rings (SSSR count). The van der Waals surface area contributed by atoms with Crippen LogP contribution in [0.3, 0.4) is 0 Å². The maximum atomic E-state index is 12.5. The molecule has 0 bridgehead atoms. The number of hydrogen-bond acceptors (Lipinski definition) is 4. The fourth-order valence-electron chi connectivity index (χ4n) is 4.04. The topological polar surface area (TPSA) is 45.2 Å². The maximum absolute atomic E-state index is 12.5. The van der Waals surface area contributed by atoms with E-state index in [-0.39, 0.29) is 11.9 Å². The SMILES string of the molecule is Cc1ccccc1[C@H](C)NC(=O)CN1CCC(c2nc3ccccc3s2)CC1. The number of likely N-dealkylation sites (tertiary alicyclic amines) is 1. The number of piperidine rings is 1. The lowest BCUT2D eigenvalue weighted by molar-refractivity contribution is -0.123. The number of carbonyl (C=O) groups is 1. The fraction of sp³-hybridized carbons (Fsp3) is 0.391. The molecular weight excluding hydrogens is 366 g/mol. The van der Waals surface area contributed by atoms with Crippen LogP contribution in [-0.2, 0) is 4.79 Å². The van der Waals surface area contributed by atoms with E-state index in [1.807, 2.05) is 29.5 Å². The van der Waals surface area contributed by atoms with Gasteiger partial charge in [0.25, 0.3) is 0 Å². The van der Waals surface area contributed by atoms with Crippen molar-refractivity contribution in [2.24, 2.45) is 0 Å². The Kier molecular flexibility index (Phi) is 5.74. The third kappa shape index (κ3) is 4.26. The Bertz CT molecular complexity index is 926. The third-order valence-corrected chi connectivity index (χ3v) is 6.85. The molecule has 0 aliphatic carbocycles. The zero-order valence-corrected chi connectivity index (χ0v) is 17.3. The Labute approximate surface area is 170 Å². The minimum atomic E-state index is 0.0361. The van der Waals surface area contributed by atoms with Gasteiger partial charge in [-0.3, -0.25) is 9.69 Å². The van der Waals surface area contributed by atoms with E-state index in [0.717, 1.165) is 31.4 Å². The second-order valence-corrected chi connectivity index (χ2v) is 8.78. The Morgan fingerprint density at radius 2 is 1.89 bits per heavy atom. The van der Waals surface area contributed by atoms with Crippen LogP contribution in [0.25, 0.3) is 10.2 Å². The highest BCUT2D eigenvalue weighted by molar-refractivity contribution is 7.18. The highest BCUT2D eigenvalue weighted by Gasteiger charge is 2.24. The van der Waals surface area contributed by atoms with Gasteiger partial charge in [0, 0.05) is 5.92 Å². The summed E-state index contributed by atoms with van der Waals surface area (Å²) in [6.07, 6.45) is 2.14. The summed E-state index contributed by atoms with van der Waals surface area (Å²) >= 11 is 1.82. The summed E-state index contributed by atoms with van der Waals surface area (Å²) in [5.74, 6) is 0.622. The lowest BCUT2D eigenvalue weighted by Crippen LogP contribution is -2.41. The Balaban J connectivity index is 1.29. The zero-order chi connectivity index (χ0) is 19.5. The molecule has 3 aromatic rings. The molecule has 28 heavy (non-hydrogen) atoms. The van der Waals surface area contributed by atoms with E-state index < -0.39 is 0 Å². The number of nitrogens with zero attached hydrogens (tertiary/aromatic N) is 2. The Morgan fingerprint density at radius 1 is 1.18 bits per heavy atom. The van der Waals surface area contributed by atoms with Crippen LogP contribution in [0.5, 0.6) is 0 Å². The fourth-order valence-corrected chi connectivity index (χ4v) is 5.18. The predicted molar refractivity (Wildman–Crippen MR) is 116 cm³/mol. The summed E-state index contributed by atoms with van der Waals surface area (Å²) in [6.45, 7) is 6.52. The van der Waals surface area contributed by atoms with Crippen molar-refractivity contribution in [2.45, 2.75) is 38.6 Å². The highest BCUT2D eigenvalue weighted by Crippen LogP contribution is 2.33. The molecule has 1 saturated heterocycles. The molecule has 1 atom stereocenters. The summed E-state index contributed by atoms with van der Waals surface area (Å²) in [5, 5.41) is 4.40. The molecule has 1 aliphatic heterocycles. The summed E-state index contributed by atoms with van der Waals surface area (Å²) in [7, 11) is 0. The monoisotopic (exact) mass is 393 g/mol. The molecular formula is C23H27N3OS. The second kappa shape index (κ2) is 8.41. The quantitative estimate of drug-likeness (QED) is 0.686. The van der Waals surface area contributed by atoms with E-state index >= 15 is 0 Å². The van der Waals surface area contributed by atoms with Crippen molar-refractivity contribution < 1.29 is 4.79 Å². The smallest absolute Gasteiger partial charge is 0.234 e. The van der Waals surface area contributed by atoms with Gasteiger partial charge in [-0.25, -0.2) is 4.98 Å². The number of carbonyl (C=O) groups excluding carboxylic acids is 1. The number of hydrogen-bond donors (Lipinski definition) is 1. The molecule has 0 saturated carbocycles. The molecule has 146 valence electrons. The van der Waals surface area contributed by atoms with Gasteiger partial charge in [0.05, 0.1) is 27.8 Å². The van der Waals surface area contributed by atoms with Crippen molar-refractivity contribution in [3.8, 4) is 0 Å². The van der Waals surface area contributed by atoms with Crippen LogP contribution in [0.15, 0.2) is 48.5 Å². The van der Waals surface area contributed by atoms with E-state index in [2.05, 4.69) is 54.4 Å². The summed E-state index contributed by atoms with van der Waals surface area (Å²) < 4.78 is 1.27. The molecule has 4 nitrogen and oxygen atoms in total. The van der Waals surface area contributed by atoms with Gasteiger partial charge in [-0.1, -0.05) is 36.4 Å². The molecule has 1 aliphatic rings. The van der Waals surface area contributed by atoms with Gasteiger partial charge in [0.1, 0.15) is 0 Å². The van der Waals surface area contributed by atoms with Crippen LogP contribution < -0.4 is 5.32 Å². The number of benzene rings is 2. The first-order valence-corrected chi connectivity index (χ1v) is 10.8. The molecule has 5 heteroatoms. The van der Waals surface area contributed by atoms with Gasteiger partial charge in [-0.15, -0.1) is 11.3 Å². The van der Waals surface area contributed by atoms with Crippen molar-refractivity contribution in [1.29, 1.82) is 0 Å². The van der Waals surface area contributed by atoms with Gasteiger partial charge in [-0.05, 0) is 63.0 Å². The van der Waals surface area contributed by atoms with Crippen LogP contribution >= 0.6 is 11.3 Å². The summed E-state index contributed by atoms with van der Waals surface area (Å²) in [6, 6.07) is 16.6. The number of amides is 1. The maximum Gasteiger partial charge on any atom is 0.234 e. The Hall–Kier alpha value is -2.24. The first kappa shape index (κ1) is 19.1. The van der Waals surface area contributed by atoms with Crippen molar-refractivity contribution in [1.82, 2.24) is 15.2 Å². The average Bonchev–Trinajstić information content (AvgIpc) is 3.13. The van der Waals surface area contributed by atoms with Crippen LogP contribution in [0.4, 0.5) is 0 Å². The summed E-state index contributed by atoms with van der Waals surface area (Å²) in [4.78, 5) is 19.6. The molecule has 1 amide bonds. The van der Waals surface area contributed by atoms with Crippen molar-refractivity contribution in [2.75, 3.05) is 19.6 Å². The minimum absolute atomic E-state index is 0.0361. The number of thiazole rings is 1. The lowest BCUT2D eigenvalue weighted by atomic mass is 9.97.